The molecular weight excluding hydrogens is 687 g/mol. The van der Waals surface area contributed by atoms with Crippen LogP contribution in [0.4, 0.5) is 39.5 Å². The van der Waals surface area contributed by atoms with Crippen molar-refractivity contribution >= 4 is 0 Å². The highest BCUT2D eigenvalue weighted by Gasteiger charge is 2.50. The lowest BCUT2D eigenvalue weighted by molar-refractivity contribution is -0.432. The summed E-state index contributed by atoms with van der Waals surface area (Å²) in [7, 11) is 0. The van der Waals surface area contributed by atoms with Crippen molar-refractivity contribution in [1.82, 2.24) is 0 Å². The van der Waals surface area contributed by atoms with Crippen molar-refractivity contribution in [2.75, 3.05) is 6.61 Å². The van der Waals surface area contributed by atoms with Gasteiger partial charge in [-0.2, -0.15) is 17.6 Å². The van der Waals surface area contributed by atoms with Crippen LogP contribution in [0.15, 0.2) is 12.1 Å². The Labute approximate surface area is 296 Å². The lowest BCUT2D eigenvalue weighted by Gasteiger charge is -2.42. The standard InChI is InChI=1S/C39H55F9O3/c1-2-3-4-5-6-7-25-8-10-26(11-9-25)29-16-21-35(49-24-29)28-12-17-31(18-13-28)37(42,43)50-32-19-14-27(15-20-32)30-22-33(40)36(34(41)23-30)38(44,45)51-39(46,47)48/h22-23,25-29,31-32,35H,2-21,24H2,1H3. The largest absolute Gasteiger partial charge is 0.527 e. The topological polar surface area (TPSA) is 27.7 Å². The molecule has 0 aromatic heterocycles. The zero-order valence-electron chi connectivity index (χ0n) is 29.7. The fraction of sp³-hybridized carbons (Fsp3) is 0.846. The summed E-state index contributed by atoms with van der Waals surface area (Å²) in [6, 6.07) is 1.12. The quantitative estimate of drug-likeness (QED) is 0.140. The molecule has 0 amide bonds. The van der Waals surface area contributed by atoms with Gasteiger partial charge in [-0.15, -0.1) is 13.2 Å². The summed E-state index contributed by atoms with van der Waals surface area (Å²) >= 11 is 0. The summed E-state index contributed by atoms with van der Waals surface area (Å²) in [6.45, 7) is 3.03. The van der Waals surface area contributed by atoms with E-state index in [-0.39, 0.29) is 43.3 Å². The Morgan fingerprint density at radius 3 is 1.82 bits per heavy atom. The van der Waals surface area contributed by atoms with E-state index in [1.54, 1.807) is 0 Å². The fourth-order valence-electron chi connectivity index (χ4n) is 9.48. The van der Waals surface area contributed by atoms with Gasteiger partial charge < -0.3 is 9.47 Å². The number of benzene rings is 1. The molecule has 1 aromatic rings. The van der Waals surface area contributed by atoms with Crippen molar-refractivity contribution in [2.45, 2.75) is 172 Å². The van der Waals surface area contributed by atoms with Crippen LogP contribution in [-0.4, -0.2) is 31.3 Å². The van der Waals surface area contributed by atoms with Crippen LogP contribution in [0.2, 0.25) is 0 Å². The van der Waals surface area contributed by atoms with Crippen molar-refractivity contribution in [3.8, 4) is 0 Å². The molecule has 5 rings (SSSR count). The van der Waals surface area contributed by atoms with Crippen LogP contribution in [0.1, 0.15) is 152 Å². The number of hydrogen-bond donors (Lipinski definition) is 0. The normalized spacial score (nSPS) is 31.5. The maximum atomic E-state index is 15.3. The van der Waals surface area contributed by atoms with Crippen molar-refractivity contribution in [3.05, 3.63) is 34.9 Å². The summed E-state index contributed by atoms with van der Waals surface area (Å²) in [6.07, 6.45) is 3.14. The first-order valence-electron chi connectivity index (χ1n) is 19.5. The third kappa shape index (κ3) is 11.2. The molecule has 2 unspecified atom stereocenters. The second-order valence-electron chi connectivity index (χ2n) is 15.9. The first-order valence-corrected chi connectivity index (χ1v) is 19.5. The van der Waals surface area contributed by atoms with Gasteiger partial charge >= 0.3 is 18.6 Å². The zero-order chi connectivity index (χ0) is 36.8. The smallest absolute Gasteiger partial charge is 0.378 e. The molecule has 51 heavy (non-hydrogen) atoms. The lowest BCUT2D eigenvalue weighted by atomic mass is 9.71. The average molecular weight is 743 g/mol. The molecular formula is C39H55F9O3. The third-order valence-corrected chi connectivity index (χ3v) is 12.5. The Balaban J connectivity index is 1.01. The fourth-order valence-corrected chi connectivity index (χ4v) is 9.48. The average Bonchev–Trinajstić information content (AvgIpc) is 3.07. The Kier molecular flexibility index (Phi) is 14.1. The molecule has 0 bridgehead atoms. The van der Waals surface area contributed by atoms with Crippen LogP contribution >= 0.6 is 0 Å². The molecule has 4 aliphatic rings. The molecule has 292 valence electrons. The highest BCUT2D eigenvalue weighted by Crippen LogP contribution is 2.47. The van der Waals surface area contributed by atoms with E-state index in [9.17, 15) is 30.7 Å². The van der Waals surface area contributed by atoms with Crippen molar-refractivity contribution in [2.24, 2.45) is 29.6 Å². The van der Waals surface area contributed by atoms with E-state index in [2.05, 4.69) is 11.7 Å². The molecule has 4 fully saturated rings. The van der Waals surface area contributed by atoms with Gasteiger partial charge in [0, 0.05) is 0 Å². The van der Waals surface area contributed by atoms with Gasteiger partial charge in [0.1, 0.15) is 17.2 Å². The molecule has 2 atom stereocenters. The molecule has 12 heteroatoms. The van der Waals surface area contributed by atoms with E-state index in [1.807, 2.05) is 0 Å². The molecule has 1 saturated heterocycles. The van der Waals surface area contributed by atoms with Crippen molar-refractivity contribution < 1.29 is 53.7 Å². The van der Waals surface area contributed by atoms with Gasteiger partial charge in [0.05, 0.1) is 24.7 Å². The summed E-state index contributed by atoms with van der Waals surface area (Å²) in [4.78, 5) is 0. The van der Waals surface area contributed by atoms with Gasteiger partial charge in [0.25, 0.3) is 0 Å². The van der Waals surface area contributed by atoms with Gasteiger partial charge in [-0.1, -0.05) is 58.3 Å². The number of rotatable bonds is 14. The molecule has 0 radical (unpaired) electrons. The first kappa shape index (κ1) is 40.7. The van der Waals surface area contributed by atoms with Gasteiger partial charge in [-0.05, 0) is 124 Å². The summed E-state index contributed by atoms with van der Waals surface area (Å²) in [5.41, 5.74) is -2.17. The highest BCUT2D eigenvalue weighted by atomic mass is 19.4. The van der Waals surface area contributed by atoms with E-state index in [0.29, 0.717) is 43.7 Å². The minimum absolute atomic E-state index is 0.0350. The minimum Gasteiger partial charge on any atom is -0.378 e. The summed E-state index contributed by atoms with van der Waals surface area (Å²) < 4.78 is 139. The molecule has 3 nitrogen and oxygen atoms in total. The number of halogens is 9. The van der Waals surface area contributed by atoms with Crippen LogP contribution < -0.4 is 0 Å². The summed E-state index contributed by atoms with van der Waals surface area (Å²) in [5.74, 6) is -2.72. The summed E-state index contributed by atoms with van der Waals surface area (Å²) in [5, 5.41) is 0. The number of unbranched alkanes of at least 4 members (excludes halogenated alkanes) is 4. The van der Waals surface area contributed by atoms with E-state index < -0.39 is 53.7 Å². The van der Waals surface area contributed by atoms with E-state index in [1.165, 1.54) is 64.2 Å². The maximum absolute atomic E-state index is 15.3. The third-order valence-electron chi connectivity index (χ3n) is 12.5. The first-order chi connectivity index (χ1) is 24.1. The molecule has 3 saturated carbocycles. The highest BCUT2D eigenvalue weighted by molar-refractivity contribution is 5.31. The van der Waals surface area contributed by atoms with Gasteiger partial charge in [0.2, 0.25) is 0 Å². The van der Waals surface area contributed by atoms with Gasteiger partial charge in [0.15, 0.2) is 0 Å². The minimum atomic E-state index is -5.82. The molecule has 1 aromatic carbocycles. The maximum Gasteiger partial charge on any atom is 0.527 e. The second kappa shape index (κ2) is 17.7. The zero-order valence-corrected chi connectivity index (χ0v) is 29.7. The second-order valence-corrected chi connectivity index (χ2v) is 15.9. The molecule has 3 aliphatic carbocycles. The number of hydrogen-bond acceptors (Lipinski definition) is 3. The van der Waals surface area contributed by atoms with Crippen molar-refractivity contribution in [3.63, 3.8) is 0 Å². The van der Waals surface area contributed by atoms with Crippen LogP contribution in [0.5, 0.6) is 0 Å². The monoisotopic (exact) mass is 742 g/mol. The van der Waals surface area contributed by atoms with E-state index >= 15 is 8.78 Å². The molecule has 1 aliphatic heterocycles. The van der Waals surface area contributed by atoms with Crippen LogP contribution in [-0.2, 0) is 20.3 Å². The predicted octanol–water partition coefficient (Wildman–Crippen LogP) is 13.0. The van der Waals surface area contributed by atoms with Gasteiger partial charge in [-0.25, -0.2) is 13.5 Å². The number of ether oxygens (including phenoxy) is 3. The van der Waals surface area contributed by atoms with Gasteiger partial charge in [-0.3, -0.25) is 0 Å². The SMILES string of the molecule is CCCCCCCC1CCC(C2CCC(C3CCC(C(F)(F)OC4CCC(c5cc(F)c(C(F)(F)OC(F)(F)F)c(F)c5)CC4)CC3)OC2)CC1. The Morgan fingerprint density at radius 2 is 1.25 bits per heavy atom. The van der Waals surface area contributed by atoms with Crippen LogP contribution in [0.25, 0.3) is 0 Å². The molecule has 1 heterocycles. The predicted molar refractivity (Wildman–Crippen MR) is 175 cm³/mol. The van der Waals surface area contributed by atoms with Crippen LogP contribution in [0.3, 0.4) is 0 Å². The lowest BCUT2D eigenvalue weighted by Crippen LogP contribution is -2.41. The Morgan fingerprint density at radius 1 is 0.667 bits per heavy atom. The van der Waals surface area contributed by atoms with E-state index in [0.717, 1.165) is 31.3 Å². The van der Waals surface area contributed by atoms with Crippen molar-refractivity contribution in [1.29, 1.82) is 0 Å². The molecule has 0 spiro atoms. The Bertz CT molecular complexity index is 1190. The molecule has 0 N–H and O–H groups in total. The number of alkyl halides is 7. The van der Waals surface area contributed by atoms with Crippen LogP contribution in [0, 0.1) is 41.2 Å². The van der Waals surface area contributed by atoms with E-state index in [4.69, 9.17) is 9.47 Å². The Hall–Kier alpha value is -1.53.